The number of aromatic nitrogens is 3. The average Bonchev–Trinajstić information content (AvgIpc) is 3.06. The van der Waals surface area contributed by atoms with Gasteiger partial charge in [-0.1, -0.05) is 5.16 Å². The molecule has 0 bridgehead atoms. The third-order valence-electron chi connectivity index (χ3n) is 3.15. The number of rotatable bonds is 5. The van der Waals surface area contributed by atoms with Crippen LogP contribution in [0.4, 0.5) is 5.69 Å². The van der Waals surface area contributed by atoms with Crippen molar-refractivity contribution in [2.75, 3.05) is 10.5 Å². The van der Waals surface area contributed by atoms with Crippen molar-refractivity contribution in [3.8, 4) is 22.8 Å². The summed E-state index contributed by atoms with van der Waals surface area (Å²) in [6.07, 6.45) is 3.29. The number of nitrogens with one attached hydrogen (secondary N) is 1. The molecule has 2 aromatic heterocycles. The summed E-state index contributed by atoms with van der Waals surface area (Å²) in [5.74, 6) is 0.856. The van der Waals surface area contributed by atoms with Crippen LogP contribution in [0.2, 0.25) is 0 Å². The van der Waals surface area contributed by atoms with Gasteiger partial charge in [0.15, 0.2) is 0 Å². The molecule has 0 saturated carbocycles. The fourth-order valence-corrected chi connectivity index (χ4v) is 2.53. The van der Waals surface area contributed by atoms with Gasteiger partial charge >= 0.3 is 0 Å². The molecule has 3 aromatic rings. The molecule has 0 amide bonds. The Morgan fingerprint density at radius 1 is 1.04 bits per heavy atom. The number of sulfonamides is 1. The Hall–Kier alpha value is -2.74. The standard InChI is InChI=1S/C15H14N4O3S/c1-2-23(20,21)19-13-5-3-11(4-6-13)14-17-15(22-18-14)12-7-9-16-10-8-12/h3-10,19H,2H2,1H3. The summed E-state index contributed by atoms with van der Waals surface area (Å²) in [7, 11) is -3.29. The van der Waals surface area contributed by atoms with Crippen LogP contribution in [-0.4, -0.2) is 29.3 Å². The number of hydrogen-bond acceptors (Lipinski definition) is 6. The van der Waals surface area contributed by atoms with E-state index in [1.165, 1.54) is 0 Å². The fraction of sp³-hybridized carbons (Fsp3) is 0.133. The van der Waals surface area contributed by atoms with E-state index >= 15 is 0 Å². The van der Waals surface area contributed by atoms with E-state index in [0.717, 1.165) is 11.1 Å². The number of pyridine rings is 1. The van der Waals surface area contributed by atoms with E-state index in [9.17, 15) is 8.42 Å². The molecule has 0 radical (unpaired) electrons. The van der Waals surface area contributed by atoms with Crippen molar-refractivity contribution < 1.29 is 12.9 Å². The quantitative estimate of drug-likeness (QED) is 0.772. The Labute approximate surface area is 133 Å². The minimum Gasteiger partial charge on any atom is -0.334 e. The number of benzene rings is 1. The third kappa shape index (κ3) is 3.54. The number of anilines is 1. The number of nitrogens with zero attached hydrogens (tertiary/aromatic N) is 3. The first-order valence-corrected chi connectivity index (χ1v) is 8.57. The molecular weight excluding hydrogens is 316 g/mol. The van der Waals surface area contributed by atoms with E-state index in [4.69, 9.17) is 4.52 Å². The highest BCUT2D eigenvalue weighted by molar-refractivity contribution is 7.92. The lowest BCUT2D eigenvalue weighted by Gasteiger charge is -2.05. The van der Waals surface area contributed by atoms with Crippen LogP contribution in [0.3, 0.4) is 0 Å². The summed E-state index contributed by atoms with van der Waals surface area (Å²) in [4.78, 5) is 8.26. The second-order valence-electron chi connectivity index (χ2n) is 4.74. The fourth-order valence-electron chi connectivity index (χ4n) is 1.89. The molecule has 23 heavy (non-hydrogen) atoms. The minimum atomic E-state index is -3.29. The van der Waals surface area contributed by atoms with E-state index in [0.29, 0.717) is 17.4 Å². The summed E-state index contributed by atoms with van der Waals surface area (Å²) in [6.45, 7) is 1.58. The van der Waals surface area contributed by atoms with Gasteiger partial charge in [0.2, 0.25) is 15.8 Å². The van der Waals surface area contributed by atoms with E-state index in [1.54, 1.807) is 55.7 Å². The van der Waals surface area contributed by atoms with Crippen LogP contribution in [-0.2, 0) is 10.0 Å². The first-order chi connectivity index (χ1) is 11.1. The molecule has 2 heterocycles. The minimum absolute atomic E-state index is 0.0227. The molecule has 1 aromatic carbocycles. The molecule has 3 rings (SSSR count). The van der Waals surface area contributed by atoms with Crippen LogP contribution < -0.4 is 4.72 Å². The Morgan fingerprint density at radius 2 is 1.74 bits per heavy atom. The van der Waals surface area contributed by atoms with Gasteiger partial charge in [-0.25, -0.2) is 8.42 Å². The van der Waals surface area contributed by atoms with Gasteiger partial charge in [0, 0.05) is 29.2 Å². The molecule has 8 heteroatoms. The molecule has 118 valence electrons. The summed E-state index contributed by atoms with van der Waals surface area (Å²) in [5, 5.41) is 3.94. The highest BCUT2D eigenvalue weighted by atomic mass is 32.2. The summed E-state index contributed by atoms with van der Waals surface area (Å²) >= 11 is 0. The summed E-state index contributed by atoms with van der Waals surface area (Å²) in [5.41, 5.74) is 2.01. The second kappa shape index (κ2) is 6.17. The van der Waals surface area contributed by atoms with Gasteiger partial charge in [0.1, 0.15) is 0 Å². The van der Waals surface area contributed by atoms with Gasteiger partial charge in [-0.2, -0.15) is 4.98 Å². The molecule has 0 atom stereocenters. The van der Waals surface area contributed by atoms with Crippen molar-refractivity contribution in [1.29, 1.82) is 0 Å². The maximum Gasteiger partial charge on any atom is 0.258 e. The SMILES string of the molecule is CCS(=O)(=O)Nc1ccc(-c2noc(-c3ccncc3)n2)cc1. The van der Waals surface area contributed by atoms with Crippen LogP contribution in [0.5, 0.6) is 0 Å². The molecule has 0 unspecified atom stereocenters. The van der Waals surface area contributed by atoms with Crippen molar-refractivity contribution in [3.63, 3.8) is 0 Å². The maximum atomic E-state index is 11.5. The average molecular weight is 330 g/mol. The molecule has 0 aliphatic heterocycles. The van der Waals surface area contributed by atoms with E-state index in [1.807, 2.05) is 0 Å². The van der Waals surface area contributed by atoms with Crippen LogP contribution in [0, 0.1) is 0 Å². The first-order valence-electron chi connectivity index (χ1n) is 6.92. The van der Waals surface area contributed by atoms with Gasteiger partial charge in [-0.05, 0) is 43.3 Å². The Balaban J connectivity index is 1.82. The van der Waals surface area contributed by atoms with Gasteiger partial charge in [0.05, 0.1) is 5.75 Å². The smallest absolute Gasteiger partial charge is 0.258 e. The summed E-state index contributed by atoms with van der Waals surface area (Å²) in [6, 6.07) is 10.3. The van der Waals surface area contributed by atoms with E-state index < -0.39 is 10.0 Å². The Kier molecular flexibility index (Phi) is 4.07. The first kappa shape index (κ1) is 15.2. The van der Waals surface area contributed by atoms with Gasteiger partial charge in [-0.3, -0.25) is 9.71 Å². The largest absolute Gasteiger partial charge is 0.334 e. The lowest BCUT2D eigenvalue weighted by Crippen LogP contribution is -2.14. The van der Waals surface area contributed by atoms with Gasteiger partial charge in [-0.15, -0.1) is 0 Å². The van der Waals surface area contributed by atoms with Crippen molar-refractivity contribution in [2.45, 2.75) is 6.92 Å². The highest BCUT2D eigenvalue weighted by Crippen LogP contribution is 2.23. The van der Waals surface area contributed by atoms with Crippen molar-refractivity contribution in [3.05, 3.63) is 48.8 Å². The second-order valence-corrected chi connectivity index (χ2v) is 6.75. The molecule has 0 spiro atoms. The van der Waals surface area contributed by atoms with Crippen LogP contribution in [0.25, 0.3) is 22.8 Å². The topological polar surface area (TPSA) is 98.0 Å². The van der Waals surface area contributed by atoms with Crippen LogP contribution >= 0.6 is 0 Å². The lowest BCUT2D eigenvalue weighted by atomic mass is 10.2. The molecule has 0 aliphatic rings. The van der Waals surface area contributed by atoms with Gasteiger partial charge < -0.3 is 4.52 Å². The number of hydrogen-bond donors (Lipinski definition) is 1. The van der Waals surface area contributed by atoms with Crippen molar-refractivity contribution >= 4 is 15.7 Å². The Bertz CT molecular complexity index is 890. The maximum absolute atomic E-state index is 11.5. The molecular formula is C15H14N4O3S. The Morgan fingerprint density at radius 3 is 2.39 bits per heavy atom. The molecule has 0 saturated heterocycles. The predicted molar refractivity (Wildman–Crippen MR) is 86.0 cm³/mol. The third-order valence-corrected chi connectivity index (χ3v) is 4.46. The summed E-state index contributed by atoms with van der Waals surface area (Å²) < 4.78 is 30.8. The molecule has 7 nitrogen and oxygen atoms in total. The molecule has 0 fully saturated rings. The van der Waals surface area contributed by atoms with Crippen LogP contribution in [0.15, 0.2) is 53.3 Å². The van der Waals surface area contributed by atoms with E-state index in [2.05, 4.69) is 19.8 Å². The zero-order chi connectivity index (χ0) is 16.3. The lowest BCUT2D eigenvalue weighted by molar-refractivity contribution is 0.432. The van der Waals surface area contributed by atoms with E-state index in [-0.39, 0.29) is 5.75 Å². The van der Waals surface area contributed by atoms with Crippen LogP contribution in [0.1, 0.15) is 6.92 Å². The van der Waals surface area contributed by atoms with Crippen molar-refractivity contribution in [1.82, 2.24) is 15.1 Å². The predicted octanol–water partition coefficient (Wildman–Crippen LogP) is 2.56. The monoisotopic (exact) mass is 330 g/mol. The molecule has 0 aliphatic carbocycles. The van der Waals surface area contributed by atoms with Crippen molar-refractivity contribution in [2.24, 2.45) is 0 Å². The zero-order valence-electron chi connectivity index (χ0n) is 12.3. The zero-order valence-corrected chi connectivity index (χ0v) is 13.1. The normalized spacial score (nSPS) is 11.3. The highest BCUT2D eigenvalue weighted by Gasteiger charge is 2.11. The molecule has 1 N–H and O–H groups in total. The van der Waals surface area contributed by atoms with Gasteiger partial charge in [0.25, 0.3) is 5.89 Å².